The fraction of sp³-hybridized carbons (Fsp3) is 0. The van der Waals surface area contributed by atoms with Gasteiger partial charge in [-0.3, -0.25) is 15.5 Å². The molecule has 0 heterocycles. The van der Waals surface area contributed by atoms with Gasteiger partial charge in [-0.15, -0.1) is 0 Å². The molecule has 22 heavy (non-hydrogen) atoms. The summed E-state index contributed by atoms with van der Waals surface area (Å²) in [4.78, 5) is 10.2. The van der Waals surface area contributed by atoms with Crippen LogP contribution in [0.2, 0.25) is 0 Å². The molecular formula is C14H11BrN4O2S. The molecule has 0 saturated carbocycles. The van der Waals surface area contributed by atoms with Crippen molar-refractivity contribution in [3.05, 3.63) is 68.7 Å². The Bertz CT molecular complexity index is 719. The number of anilines is 1. The quantitative estimate of drug-likeness (QED) is 0.367. The van der Waals surface area contributed by atoms with E-state index in [2.05, 4.69) is 31.8 Å². The lowest BCUT2D eigenvalue weighted by molar-refractivity contribution is -0.384. The maximum Gasteiger partial charge on any atom is 0.270 e. The van der Waals surface area contributed by atoms with Crippen LogP contribution in [0.15, 0.2) is 58.1 Å². The van der Waals surface area contributed by atoms with E-state index in [0.29, 0.717) is 10.7 Å². The number of rotatable bonds is 4. The van der Waals surface area contributed by atoms with Crippen molar-refractivity contribution in [1.82, 2.24) is 5.43 Å². The van der Waals surface area contributed by atoms with E-state index in [-0.39, 0.29) is 5.69 Å². The van der Waals surface area contributed by atoms with Crippen LogP contribution < -0.4 is 10.7 Å². The Morgan fingerprint density at radius 1 is 1.27 bits per heavy atom. The highest BCUT2D eigenvalue weighted by molar-refractivity contribution is 9.10. The molecule has 0 aromatic heterocycles. The van der Waals surface area contributed by atoms with Crippen molar-refractivity contribution >= 4 is 50.8 Å². The van der Waals surface area contributed by atoms with Crippen molar-refractivity contribution in [3.63, 3.8) is 0 Å². The molecular weight excluding hydrogens is 368 g/mol. The normalized spacial score (nSPS) is 10.4. The van der Waals surface area contributed by atoms with E-state index < -0.39 is 4.92 Å². The van der Waals surface area contributed by atoms with Gasteiger partial charge in [0.15, 0.2) is 5.11 Å². The van der Waals surface area contributed by atoms with Gasteiger partial charge in [-0.05, 0) is 36.5 Å². The molecule has 2 aromatic carbocycles. The summed E-state index contributed by atoms with van der Waals surface area (Å²) < 4.78 is 0.973. The van der Waals surface area contributed by atoms with Crippen LogP contribution in [0.4, 0.5) is 11.4 Å². The Hall–Kier alpha value is -2.32. The van der Waals surface area contributed by atoms with Crippen molar-refractivity contribution in [2.45, 2.75) is 0 Å². The number of non-ortho nitro benzene ring substituents is 1. The highest BCUT2D eigenvalue weighted by Gasteiger charge is 2.03. The summed E-state index contributed by atoms with van der Waals surface area (Å²) in [6.07, 6.45) is 1.46. The van der Waals surface area contributed by atoms with Crippen LogP contribution in [-0.4, -0.2) is 16.3 Å². The van der Waals surface area contributed by atoms with Gasteiger partial charge >= 0.3 is 0 Å². The molecule has 2 N–H and O–H groups in total. The molecule has 6 nitrogen and oxygen atoms in total. The minimum absolute atomic E-state index is 0.0134. The average molecular weight is 379 g/mol. The number of benzene rings is 2. The number of nitro benzene ring substituents is 1. The van der Waals surface area contributed by atoms with Crippen LogP contribution >= 0.6 is 28.1 Å². The number of hydrogen-bond donors (Lipinski definition) is 2. The lowest BCUT2D eigenvalue weighted by Gasteiger charge is -2.06. The maximum absolute atomic E-state index is 10.7. The first kappa shape index (κ1) is 16.1. The minimum atomic E-state index is -0.454. The van der Waals surface area contributed by atoms with Gasteiger partial charge in [0.1, 0.15) is 0 Å². The molecule has 0 aliphatic carbocycles. The number of nitrogens with zero attached hydrogens (tertiary/aromatic N) is 2. The second-order valence-electron chi connectivity index (χ2n) is 4.18. The molecule has 0 aliphatic heterocycles. The van der Waals surface area contributed by atoms with E-state index in [4.69, 9.17) is 12.2 Å². The van der Waals surface area contributed by atoms with Gasteiger partial charge in [-0.1, -0.05) is 28.1 Å². The summed E-state index contributed by atoms with van der Waals surface area (Å²) in [5.74, 6) is 0. The van der Waals surface area contributed by atoms with Crippen LogP contribution in [0, 0.1) is 10.1 Å². The zero-order valence-electron chi connectivity index (χ0n) is 11.2. The topological polar surface area (TPSA) is 79.6 Å². The molecule has 0 fully saturated rings. The lowest BCUT2D eigenvalue weighted by Crippen LogP contribution is -2.23. The average Bonchev–Trinajstić information content (AvgIpc) is 2.50. The van der Waals surface area contributed by atoms with Gasteiger partial charge in [0, 0.05) is 27.9 Å². The van der Waals surface area contributed by atoms with E-state index in [9.17, 15) is 10.1 Å². The monoisotopic (exact) mass is 378 g/mol. The summed E-state index contributed by atoms with van der Waals surface area (Å²) in [5.41, 5.74) is 4.09. The summed E-state index contributed by atoms with van der Waals surface area (Å²) in [6, 6.07) is 13.7. The predicted molar refractivity (Wildman–Crippen MR) is 94.2 cm³/mol. The Kier molecular flexibility index (Phi) is 5.56. The van der Waals surface area contributed by atoms with Crippen molar-refractivity contribution in [2.24, 2.45) is 5.10 Å². The summed E-state index contributed by atoms with van der Waals surface area (Å²) in [7, 11) is 0. The van der Waals surface area contributed by atoms with E-state index in [1.54, 1.807) is 12.1 Å². The Labute approximate surface area is 140 Å². The van der Waals surface area contributed by atoms with Crippen molar-refractivity contribution < 1.29 is 4.92 Å². The predicted octanol–water partition coefficient (Wildman–Crippen LogP) is 3.68. The van der Waals surface area contributed by atoms with E-state index >= 15 is 0 Å². The summed E-state index contributed by atoms with van der Waals surface area (Å²) >= 11 is 8.44. The van der Waals surface area contributed by atoms with E-state index in [1.807, 2.05) is 24.3 Å². The second kappa shape index (κ2) is 7.62. The molecule has 0 atom stereocenters. The smallest absolute Gasteiger partial charge is 0.270 e. The SMILES string of the molecule is O=[N+]([O-])c1cccc(/C=N/NC(=S)Nc2ccc(Br)cc2)c1. The standard InChI is InChI=1S/C14H11BrN4O2S/c15-11-4-6-12(7-5-11)17-14(22)18-16-9-10-2-1-3-13(8-10)19(20)21/h1-9H,(H2,17,18,22)/b16-9+. The number of halogens is 1. The van der Waals surface area contributed by atoms with Gasteiger partial charge in [0.2, 0.25) is 0 Å². The van der Waals surface area contributed by atoms with E-state index in [1.165, 1.54) is 18.3 Å². The zero-order valence-corrected chi connectivity index (χ0v) is 13.6. The third kappa shape index (κ3) is 4.90. The molecule has 8 heteroatoms. The van der Waals surface area contributed by atoms with Gasteiger partial charge in [0.25, 0.3) is 5.69 Å². The van der Waals surface area contributed by atoms with E-state index in [0.717, 1.165) is 10.2 Å². The van der Waals surface area contributed by atoms with Gasteiger partial charge in [-0.25, -0.2) is 0 Å². The van der Waals surface area contributed by atoms with Crippen LogP contribution in [0.25, 0.3) is 0 Å². The third-order valence-corrected chi connectivity index (χ3v) is 3.28. The summed E-state index contributed by atoms with van der Waals surface area (Å²) in [5, 5.41) is 17.9. The molecule has 0 radical (unpaired) electrons. The number of hydrogen-bond acceptors (Lipinski definition) is 4. The van der Waals surface area contributed by atoms with Crippen LogP contribution in [0.3, 0.4) is 0 Å². The molecule has 0 saturated heterocycles. The molecule has 0 aliphatic rings. The Morgan fingerprint density at radius 2 is 2.00 bits per heavy atom. The minimum Gasteiger partial charge on any atom is -0.331 e. The van der Waals surface area contributed by atoms with Crippen molar-refractivity contribution in [3.8, 4) is 0 Å². The molecule has 0 bridgehead atoms. The van der Waals surface area contributed by atoms with Crippen LogP contribution in [0.5, 0.6) is 0 Å². The highest BCUT2D eigenvalue weighted by Crippen LogP contribution is 2.14. The number of nitro groups is 1. The fourth-order valence-corrected chi connectivity index (χ4v) is 2.01. The maximum atomic E-state index is 10.7. The number of hydrazone groups is 1. The van der Waals surface area contributed by atoms with Crippen LogP contribution in [0.1, 0.15) is 5.56 Å². The first-order valence-corrected chi connectivity index (χ1v) is 7.35. The molecule has 2 rings (SSSR count). The largest absolute Gasteiger partial charge is 0.331 e. The third-order valence-electron chi connectivity index (χ3n) is 2.56. The molecule has 112 valence electrons. The first-order chi connectivity index (χ1) is 10.5. The van der Waals surface area contributed by atoms with Gasteiger partial charge in [0.05, 0.1) is 11.1 Å². The fourth-order valence-electron chi connectivity index (χ4n) is 1.58. The molecule has 0 unspecified atom stereocenters. The zero-order chi connectivity index (χ0) is 15.9. The molecule has 2 aromatic rings. The van der Waals surface area contributed by atoms with Crippen molar-refractivity contribution in [2.75, 3.05) is 5.32 Å². The Morgan fingerprint density at radius 3 is 2.68 bits per heavy atom. The molecule has 0 amide bonds. The number of thiocarbonyl (C=S) groups is 1. The lowest BCUT2D eigenvalue weighted by atomic mass is 10.2. The van der Waals surface area contributed by atoms with Gasteiger partial charge < -0.3 is 5.32 Å². The Balaban J connectivity index is 1.91. The van der Waals surface area contributed by atoms with Gasteiger partial charge in [-0.2, -0.15) is 5.10 Å². The summed E-state index contributed by atoms with van der Waals surface area (Å²) in [6.45, 7) is 0. The van der Waals surface area contributed by atoms with Crippen molar-refractivity contribution in [1.29, 1.82) is 0 Å². The van der Waals surface area contributed by atoms with Crippen LogP contribution in [-0.2, 0) is 0 Å². The first-order valence-electron chi connectivity index (χ1n) is 6.15. The number of nitrogens with one attached hydrogen (secondary N) is 2. The second-order valence-corrected chi connectivity index (χ2v) is 5.51. The highest BCUT2D eigenvalue weighted by atomic mass is 79.9. The molecule has 0 spiro atoms.